The molecule has 0 bridgehead atoms. The summed E-state index contributed by atoms with van der Waals surface area (Å²) in [5.41, 5.74) is 3.09. The highest BCUT2D eigenvalue weighted by Gasteiger charge is 2.17. The van der Waals surface area contributed by atoms with Crippen LogP contribution < -0.4 is 21.4 Å². The van der Waals surface area contributed by atoms with Gasteiger partial charge in [0, 0.05) is 37.2 Å². The topological polar surface area (TPSA) is 82.2 Å². The van der Waals surface area contributed by atoms with Gasteiger partial charge in [-0.05, 0) is 42.1 Å². The highest BCUT2D eigenvalue weighted by Crippen LogP contribution is 2.19. The third kappa shape index (κ3) is 5.08. The van der Waals surface area contributed by atoms with Crippen molar-refractivity contribution in [2.24, 2.45) is 0 Å². The standard InChI is InChI=1S/C22H23BN6O/c23-19-15-25-21(28-20(19)24-14-16-7-2-1-3-8-16)26-17-9-6-10-18(13-17)27-22(30)29-11-4-5-12-29/h1-3,6-10,13,15H,4-5,11-12,14H2,(H,27,30)(H2,24,25,26,28). The molecular weight excluding hydrogens is 375 g/mol. The normalized spacial score (nSPS) is 13.1. The molecule has 2 radical (unpaired) electrons. The number of carbonyl (C=O) groups is 1. The lowest BCUT2D eigenvalue weighted by atomic mass is 9.99. The summed E-state index contributed by atoms with van der Waals surface area (Å²) in [6, 6.07) is 17.4. The molecule has 2 aromatic carbocycles. The van der Waals surface area contributed by atoms with E-state index >= 15 is 0 Å². The molecule has 150 valence electrons. The summed E-state index contributed by atoms with van der Waals surface area (Å²) in [5, 5.41) is 9.36. The van der Waals surface area contributed by atoms with Crippen LogP contribution in [0.25, 0.3) is 0 Å². The van der Waals surface area contributed by atoms with Crippen LogP contribution >= 0.6 is 0 Å². The van der Waals surface area contributed by atoms with E-state index in [1.165, 1.54) is 0 Å². The SMILES string of the molecule is [B]c1cnc(Nc2cccc(NC(=O)N3CCCC3)c2)nc1NCc1ccccc1. The van der Waals surface area contributed by atoms with Crippen molar-refractivity contribution in [1.29, 1.82) is 0 Å². The summed E-state index contributed by atoms with van der Waals surface area (Å²) in [6.07, 6.45) is 3.69. The van der Waals surface area contributed by atoms with Gasteiger partial charge >= 0.3 is 6.03 Å². The second kappa shape index (κ2) is 9.30. The molecule has 8 heteroatoms. The lowest BCUT2D eigenvalue weighted by Gasteiger charge is -2.16. The predicted molar refractivity (Wildman–Crippen MR) is 121 cm³/mol. The number of nitrogens with zero attached hydrogens (tertiary/aromatic N) is 3. The summed E-state index contributed by atoms with van der Waals surface area (Å²) < 4.78 is 0. The molecule has 2 amide bonds. The van der Waals surface area contributed by atoms with Gasteiger partial charge in [0.25, 0.3) is 0 Å². The lowest BCUT2D eigenvalue weighted by molar-refractivity contribution is 0.222. The van der Waals surface area contributed by atoms with Crippen LogP contribution in [-0.2, 0) is 6.54 Å². The molecule has 0 spiro atoms. The molecule has 7 nitrogen and oxygen atoms in total. The molecule has 0 saturated carbocycles. The molecule has 0 atom stereocenters. The largest absolute Gasteiger partial charge is 0.366 e. The highest BCUT2D eigenvalue weighted by molar-refractivity contribution is 6.35. The Hall–Kier alpha value is -3.55. The molecule has 0 unspecified atom stereocenters. The molecule has 2 heterocycles. The van der Waals surface area contributed by atoms with Crippen molar-refractivity contribution in [3.8, 4) is 0 Å². The maximum Gasteiger partial charge on any atom is 0.321 e. The summed E-state index contributed by atoms with van der Waals surface area (Å²) in [6.45, 7) is 2.23. The average molecular weight is 398 g/mol. The van der Waals surface area contributed by atoms with Crippen LogP contribution in [0.2, 0.25) is 0 Å². The summed E-state index contributed by atoms with van der Waals surface area (Å²) >= 11 is 0. The first-order valence-corrected chi connectivity index (χ1v) is 10.0. The summed E-state index contributed by atoms with van der Waals surface area (Å²) in [5.74, 6) is 0.984. The minimum absolute atomic E-state index is 0.0687. The van der Waals surface area contributed by atoms with Crippen LogP contribution in [0.5, 0.6) is 0 Å². The Morgan fingerprint density at radius 2 is 1.80 bits per heavy atom. The van der Waals surface area contributed by atoms with Crippen LogP contribution in [0.15, 0.2) is 60.8 Å². The zero-order valence-electron chi connectivity index (χ0n) is 16.6. The number of anilines is 4. The number of benzene rings is 2. The molecule has 1 aromatic heterocycles. The van der Waals surface area contributed by atoms with E-state index in [0.717, 1.165) is 42.9 Å². The molecule has 3 N–H and O–H groups in total. The third-order valence-electron chi connectivity index (χ3n) is 4.88. The Kier molecular flexibility index (Phi) is 6.13. The van der Waals surface area contributed by atoms with Crippen molar-refractivity contribution < 1.29 is 4.79 Å². The Morgan fingerprint density at radius 1 is 1.03 bits per heavy atom. The van der Waals surface area contributed by atoms with Crippen molar-refractivity contribution in [2.75, 3.05) is 29.0 Å². The quantitative estimate of drug-likeness (QED) is 0.556. The predicted octanol–water partition coefficient (Wildman–Crippen LogP) is 3.25. The monoisotopic (exact) mass is 398 g/mol. The van der Waals surface area contributed by atoms with E-state index in [1.807, 2.05) is 59.5 Å². The highest BCUT2D eigenvalue weighted by atomic mass is 16.2. The van der Waals surface area contributed by atoms with E-state index in [4.69, 9.17) is 7.85 Å². The fourth-order valence-electron chi connectivity index (χ4n) is 3.30. The lowest BCUT2D eigenvalue weighted by Crippen LogP contribution is -2.32. The van der Waals surface area contributed by atoms with Gasteiger partial charge in [0.1, 0.15) is 13.7 Å². The second-order valence-electron chi connectivity index (χ2n) is 7.17. The molecule has 3 aromatic rings. The van der Waals surface area contributed by atoms with Crippen LogP contribution in [0.4, 0.5) is 27.9 Å². The fourth-order valence-corrected chi connectivity index (χ4v) is 3.30. The maximum atomic E-state index is 12.3. The zero-order valence-corrected chi connectivity index (χ0v) is 16.6. The van der Waals surface area contributed by atoms with Crippen molar-refractivity contribution in [2.45, 2.75) is 19.4 Å². The van der Waals surface area contributed by atoms with Gasteiger partial charge in [-0.3, -0.25) is 0 Å². The third-order valence-corrected chi connectivity index (χ3v) is 4.88. The smallest absolute Gasteiger partial charge is 0.321 e. The van der Waals surface area contributed by atoms with Gasteiger partial charge in [-0.2, -0.15) is 4.98 Å². The minimum Gasteiger partial charge on any atom is -0.366 e. The number of rotatable bonds is 6. The minimum atomic E-state index is -0.0687. The Morgan fingerprint density at radius 3 is 2.60 bits per heavy atom. The maximum absolute atomic E-state index is 12.3. The van der Waals surface area contributed by atoms with Crippen molar-refractivity contribution in [1.82, 2.24) is 14.9 Å². The number of hydrogen-bond acceptors (Lipinski definition) is 5. The Labute approximate surface area is 177 Å². The van der Waals surface area contributed by atoms with Crippen molar-refractivity contribution in [3.63, 3.8) is 0 Å². The number of urea groups is 1. The second-order valence-corrected chi connectivity index (χ2v) is 7.17. The van der Waals surface area contributed by atoms with Crippen molar-refractivity contribution >= 4 is 42.5 Å². The van der Waals surface area contributed by atoms with Gasteiger partial charge in [0.15, 0.2) is 0 Å². The fraction of sp³-hybridized carbons (Fsp3) is 0.227. The van der Waals surface area contributed by atoms with Gasteiger partial charge < -0.3 is 20.9 Å². The van der Waals surface area contributed by atoms with Crippen LogP contribution in [0.1, 0.15) is 18.4 Å². The number of nitrogens with one attached hydrogen (secondary N) is 3. The molecule has 0 aliphatic carbocycles. The Bertz CT molecular complexity index is 1010. The average Bonchev–Trinajstić information content (AvgIpc) is 3.30. The number of amides is 2. The van der Waals surface area contributed by atoms with E-state index < -0.39 is 0 Å². The van der Waals surface area contributed by atoms with Crippen LogP contribution in [0, 0.1) is 0 Å². The number of likely N-dealkylation sites (tertiary alicyclic amines) is 1. The number of carbonyl (C=O) groups excluding carboxylic acids is 1. The first-order valence-electron chi connectivity index (χ1n) is 10.0. The molecule has 1 fully saturated rings. The van der Waals surface area contributed by atoms with Gasteiger partial charge in [0.2, 0.25) is 5.95 Å². The zero-order chi connectivity index (χ0) is 20.8. The van der Waals surface area contributed by atoms with E-state index in [2.05, 4.69) is 25.9 Å². The van der Waals surface area contributed by atoms with Gasteiger partial charge in [-0.1, -0.05) is 36.4 Å². The Balaban J connectivity index is 1.41. The molecular formula is C22H23BN6O. The van der Waals surface area contributed by atoms with E-state index in [0.29, 0.717) is 23.8 Å². The van der Waals surface area contributed by atoms with Gasteiger partial charge in [-0.15, -0.1) is 0 Å². The first kappa shape index (κ1) is 19.8. The molecule has 30 heavy (non-hydrogen) atoms. The molecule has 1 saturated heterocycles. The number of hydrogen-bond donors (Lipinski definition) is 3. The van der Waals surface area contributed by atoms with Crippen LogP contribution in [0.3, 0.4) is 0 Å². The van der Waals surface area contributed by atoms with Crippen molar-refractivity contribution in [3.05, 3.63) is 66.4 Å². The summed E-state index contributed by atoms with van der Waals surface area (Å²) in [7, 11) is 6.02. The molecule has 4 rings (SSSR count). The van der Waals surface area contributed by atoms with E-state index in [-0.39, 0.29) is 6.03 Å². The van der Waals surface area contributed by atoms with Crippen LogP contribution in [-0.4, -0.2) is 41.8 Å². The van der Waals surface area contributed by atoms with E-state index in [1.54, 1.807) is 6.20 Å². The van der Waals surface area contributed by atoms with Gasteiger partial charge in [-0.25, -0.2) is 9.78 Å². The number of aromatic nitrogens is 2. The summed E-state index contributed by atoms with van der Waals surface area (Å²) in [4.78, 5) is 22.9. The van der Waals surface area contributed by atoms with Gasteiger partial charge in [0.05, 0.1) is 0 Å². The van der Waals surface area contributed by atoms with E-state index in [9.17, 15) is 4.79 Å². The molecule has 1 aliphatic rings. The molecule has 1 aliphatic heterocycles. The first-order chi connectivity index (χ1) is 14.7.